The highest BCUT2D eigenvalue weighted by Crippen LogP contribution is 2.24. The highest BCUT2D eigenvalue weighted by molar-refractivity contribution is 7.99. The first-order chi connectivity index (χ1) is 13.5. The third kappa shape index (κ3) is 4.49. The first-order valence-corrected chi connectivity index (χ1v) is 9.46. The van der Waals surface area contributed by atoms with Gasteiger partial charge in [0, 0.05) is 30.7 Å². The molecule has 0 saturated heterocycles. The van der Waals surface area contributed by atoms with Crippen LogP contribution in [0, 0.1) is 0 Å². The second-order valence-corrected chi connectivity index (χ2v) is 6.97. The number of hydrogen-bond donors (Lipinski definition) is 1. The summed E-state index contributed by atoms with van der Waals surface area (Å²) in [6.07, 6.45) is 3.36. The molecule has 0 fully saturated rings. The normalized spacial score (nSPS) is 10.5. The lowest BCUT2D eigenvalue weighted by Gasteiger charge is -2.08. The van der Waals surface area contributed by atoms with Crippen LogP contribution in [0.1, 0.15) is 10.4 Å². The van der Waals surface area contributed by atoms with Crippen molar-refractivity contribution in [2.45, 2.75) is 5.16 Å². The number of carbonyl (C=O) groups is 2. The molecule has 10 heteroatoms. The molecule has 0 atom stereocenters. The minimum atomic E-state index is -0.571. The van der Waals surface area contributed by atoms with Gasteiger partial charge >= 0.3 is 5.97 Å². The number of benzene rings is 1. The Bertz CT molecular complexity index is 1010. The molecule has 0 saturated carbocycles. The molecule has 8 nitrogen and oxygen atoms in total. The summed E-state index contributed by atoms with van der Waals surface area (Å²) in [6.45, 7) is 0. The van der Waals surface area contributed by atoms with Crippen molar-refractivity contribution in [3.8, 4) is 11.4 Å². The first kappa shape index (κ1) is 19.8. The molecular formula is C18H16ClN5O3S. The second-order valence-electron chi connectivity index (χ2n) is 5.62. The van der Waals surface area contributed by atoms with Crippen LogP contribution in [0.15, 0.2) is 47.9 Å². The Kier molecular flexibility index (Phi) is 6.27. The van der Waals surface area contributed by atoms with Gasteiger partial charge in [0.2, 0.25) is 5.91 Å². The molecule has 1 N–H and O–H groups in total. The van der Waals surface area contributed by atoms with Gasteiger partial charge in [-0.3, -0.25) is 9.78 Å². The summed E-state index contributed by atoms with van der Waals surface area (Å²) in [5, 5.41) is 11.9. The van der Waals surface area contributed by atoms with Gasteiger partial charge in [0.05, 0.1) is 23.4 Å². The number of amides is 1. The van der Waals surface area contributed by atoms with E-state index in [0.29, 0.717) is 16.7 Å². The first-order valence-electron chi connectivity index (χ1n) is 8.10. The van der Waals surface area contributed by atoms with Crippen molar-refractivity contribution in [1.82, 2.24) is 19.7 Å². The highest BCUT2D eigenvalue weighted by Gasteiger charge is 2.15. The van der Waals surface area contributed by atoms with Crippen LogP contribution in [0.5, 0.6) is 0 Å². The number of ether oxygens (including phenoxy) is 1. The minimum Gasteiger partial charge on any atom is -0.465 e. The third-order valence-corrected chi connectivity index (χ3v) is 5.11. The number of halogens is 1. The van der Waals surface area contributed by atoms with E-state index in [1.807, 2.05) is 23.7 Å². The van der Waals surface area contributed by atoms with E-state index in [1.165, 1.54) is 31.0 Å². The molecule has 0 radical (unpaired) electrons. The lowest BCUT2D eigenvalue weighted by atomic mass is 10.2. The molecule has 0 aliphatic heterocycles. The molecule has 28 heavy (non-hydrogen) atoms. The molecule has 0 aliphatic rings. The molecule has 3 aromatic rings. The van der Waals surface area contributed by atoms with Crippen LogP contribution in [-0.2, 0) is 16.6 Å². The summed E-state index contributed by atoms with van der Waals surface area (Å²) in [4.78, 5) is 27.9. The number of thioether (sulfide) groups is 1. The van der Waals surface area contributed by atoms with Gasteiger partial charge in [-0.05, 0) is 30.3 Å². The molecule has 1 aromatic carbocycles. The molecule has 0 aliphatic carbocycles. The Balaban J connectivity index is 1.64. The SMILES string of the molecule is COC(=O)c1cc(NC(=O)CSc2nnc(-c3ccncc3)n2C)ccc1Cl. The Morgan fingerprint density at radius 3 is 2.68 bits per heavy atom. The van der Waals surface area contributed by atoms with Crippen LogP contribution in [0.2, 0.25) is 5.02 Å². The van der Waals surface area contributed by atoms with Crippen LogP contribution in [-0.4, -0.2) is 44.5 Å². The summed E-state index contributed by atoms with van der Waals surface area (Å²) < 4.78 is 6.48. The van der Waals surface area contributed by atoms with E-state index in [0.717, 1.165) is 5.56 Å². The number of nitrogens with zero attached hydrogens (tertiary/aromatic N) is 4. The average molecular weight is 418 g/mol. The number of anilines is 1. The lowest BCUT2D eigenvalue weighted by Crippen LogP contribution is -2.15. The van der Waals surface area contributed by atoms with Crippen molar-refractivity contribution >= 4 is 40.9 Å². The molecule has 2 heterocycles. The molecular weight excluding hydrogens is 402 g/mol. The van der Waals surface area contributed by atoms with Gasteiger partial charge in [-0.1, -0.05) is 23.4 Å². The van der Waals surface area contributed by atoms with Crippen LogP contribution >= 0.6 is 23.4 Å². The summed E-state index contributed by atoms with van der Waals surface area (Å²) in [6, 6.07) is 8.29. The van der Waals surface area contributed by atoms with E-state index in [1.54, 1.807) is 18.5 Å². The lowest BCUT2D eigenvalue weighted by molar-refractivity contribution is -0.113. The van der Waals surface area contributed by atoms with Gasteiger partial charge < -0.3 is 14.6 Å². The molecule has 0 bridgehead atoms. The summed E-state index contributed by atoms with van der Waals surface area (Å²) in [7, 11) is 3.10. The van der Waals surface area contributed by atoms with Crippen molar-refractivity contribution in [2.75, 3.05) is 18.2 Å². The van der Waals surface area contributed by atoms with Crippen LogP contribution in [0.3, 0.4) is 0 Å². The Morgan fingerprint density at radius 1 is 1.21 bits per heavy atom. The molecule has 1 amide bonds. The standard InChI is InChI=1S/C18H16ClN5O3S/c1-24-16(11-5-7-20-8-6-11)22-23-18(24)28-10-15(25)21-12-3-4-14(19)13(9-12)17(26)27-2/h3-9H,10H2,1-2H3,(H,21,25). The predicted octanol–water partition coefficient (Wildman–Crippen LogP) is 3.05. The third-order valence-electron chi connectivity index (χ3n) is 3.76. The number of pyridine rings is 1. The van der Waals surface area contributed by atoms with Crippen molar-refractivity contribution in [3.63, 3.8) is 0 Å². The number of esters is 1. The number of hydrogen-bond acceptors (Lipinski definition) is 7. The number of nitrogens with one attached hydrogen (secondary N) is 1. The monoisotopic (exact) mass is 417 g/mol. The van der Waals surface area contributed by atoms with E-state index >= 15 is 0 Å². The zero-order chi connectivity index (χ0) is 20.1. The minimum absolute atomic E-state index is 0.124. The van der Waals surface area contributed by atoms with Gasteiger partial charge in [-0.25, -0.2) is 4.79 Å². The zero-order valence-electron chi connectivity index (χ0n) is 15.0. The van der Waals surface area contributed by atoms with Gasteiger partial charge in [0.1, 0.15) is 0 Å². The maximum Gasteiger partial charge on any atom is 0.339 e. The van der Waals surface area contributed by atoms with Crippen LogP contribution in [0.25, 0.3) is 11.4 Å². The van der Waals surface area contributed by atoms with Crippen molar-refractivity contribution in [2.24, 2.45) is 7.05 Å². The largest absolute Gasteiger partial charge is 0.465 e. The predicted molar refractivity (Wildman–Crippen MR) is 106 cm³/mol. The van der Waals surface area contributed by atoms with Crippen LogP contribution < -0.4 is 5.32 Å². The van der Waals surface area contributed by atoms with E-state index in [-0.39, 0.29) is 22.2 Å². The van der Waals surface area contributed by atoms with Crippen molar-refractivity contribution < 1.29 is 14.3 Å². The van der Waals surface area contributed by atoms with Gasteiger partial charge in [-0.15, -0.1) is 10.2 Å². The van der Waals surface area contributed by atoms with Gasteiger partial charge in [-0.2, -0.15) is 0 Å². The molecule has 0 unspecified atom stereocenters. The number of carbonyl (C=O) groups excluding carboxylic acids is 2. The maximum atomic E-state index is 12.3. The number of aromatic nitrogens is 4. The quantitative estimate of drug-likeness (QED) is 0.486. The number of rotatable bonds is 6. The Labute approximate surface area is 170 Å². The smallest absolute Gasteiger partial charge is 0.339 e. The second kappa shape index (κ2) is 8.85. The zero-order valence-corrected chi connectivity index (χ0v) is 16.6. The molecule has 2 aromatic heterocycles. The van der Waals surface area contributed by atoms with Crippen molar-refractivity contribution in [1.29, 1.82) is 0 Å². The fourth-order valence-electron chi connectivity index (χ4n) is 2.39. The fraction of sp³-hybridized carbons (Fsp3) is 0.167. The summed E-state index contributed by atoms with van der Waals surface area (Å²) in [5.41, 5.74) is 1.52. The molecule has 144 valence electrons. The maximum absolute atomic E-state index is 12.3. The summed E-state index contributed by atoms with van der Waals surface area (Å²) in [5.74, 6) is -0.0149. The van der Waals surface area contributed by atoms with Crippen LogP contribution in [0.4, 0.5) is 5.69 Å². The van der Waals surface area contributed by atoms with Gasteiger partial charge in [0.15, 0.2) is 11.0 Å². The van der Waals surface area contributed by atoms with E-state index in [9.17, 15) is 9.59 Å². The van der Waals surface area contributed by atoms with Gasteiger partial charge in [0.25, 0.3) is 0 Å². The molecule has 3 rings (SSSR count). The summed E-state index contributed by atoms with van der Waals surface area (Å²) >= 11 is 7.23. The topological polar surface area (TPSA) is 99.0 Å². The van der Waals surface area contributed by atoms with E-state index in [2.05, 4.69) is 25.2 Å². The Morgan fingerprint density at radius 2 is 1.96 bits per heavy atom. The number of methoxy groups -OCH3 is 1. The Hall–Kier alpha value is -2.91. The average Bonchev–Trinajstić information content (AvgIpc) is 3.08. The highest BCUT2D eigenvalue weighted by atomic mass is 35.5. The van der Waals surface area contributed by atoms with E-state index in [4.69, 9.17) is 11.6 Å². The molecule has 0 spiro atoms. The van der Waals surface area contributed by atoms with E-state index < -0.39 is 5.97 Å². The van der Waals surface area contributed by atoms with Crippen molar-refractivity contribution in [3.05, 3.63) is 53.3 Å². The fourth-order valence-corrected chi connectivity index (χ4v) is 3.30.